The highest BCUT2D eigenvalue weighted by molar-refractivity contribution is 5.67. The van der Waals surface area contributed by atoms with Gasteiger partial charge in [0, 0.05) is 6.54 Å². The number of hydrogen-bond acceptors (Lipinski definition) is 2. The Bertz CT molecular complexity index is 263. The standard InChI is InChI=1S/C14H27NO2/c1-5-9-17-12(16)15-11-14(4)8-6-7-13(2,3)10-14/h5-11H2,1-4H3,(H,15,16). The highest BCUT2D eigenvalue weighted by Gasteiger charge is 2.36. The molecule has 1 aliphatic rings. The highest BCUT2D eigenvalue weighted by Crippen LogP contribution is 2.45. The Labute approximate surface area is 105 Å². The minimum atomic E-state index is -0.267. The van der Waals surface area contributed by atoms with E-state index in [2.05, 4.69) is 26.1 Å². The predicted molar refractivity (Wildman–Crippen MR) is 70.0 cm³/mol. The lowest BCUT2D eigenvalue weighted by Gasteiger charge is -2.42. The number of carbonyl (C=O) groups is 1. The second-order valence-corrected chi connectivity index (χ2v) is 6.49. The third-order valence-electron chi connectivity index (χ3n) is 3.64. The van der Waals surface area contributed by atoms with Gasteiger partial charge in [0.2, 0.25) is 0 Å². The van der Waals surface area contributed by atoms with Crippen LogP contribution in [0.25, 0.3) is 0 Å². The number of rotatable bonds is 4. The topological polar surface area (TPSA) is 38.3 Å². The second-order valence-electron chi connectivity index (χ2n) is 6.49. The number of ether oxygens (including phenoxy) is 1. The van der Waals surface area contributed by atoms with Gasteiger partial charge in [0.15, 0.2) is 0 Å². The smallest absolute Gasteiger partial charge is 0.407 e. The summed E-state index contributed by atoms with van der Waals surface area (Å²) in [5, 5.41) is 2.90. The van der Waals surface area contributed by atoms with Crippen LogP contribution in [0.15, 0.2) is 0 Å². The van der Waals surface area contributed by atoms with E-state index in [0.29, 0.717) is 12.0 Å². The van der Waals surface area contributed by atoms with Crippen molar-refractivity contribution in [2.45, 2.75) is 59.8 Å². The minimum absolute atomic E-state index is 0.229. The number of carbonyl (C=O) groups excluding carboxylic acids is 1. The Balaban J connectivity index is 2.36. The molecule has 0 aromatic heterocycles. The number of hydrogen-bond donors (Lipinski definition) is 1. The molecular formula is C14H27NO2. The van der Waals surface area contributed by atoms with Crippen LogP contribution in [0.5, 0.6) is 0 Å². The molecule has 0 aromatic rings. The molecule has 1 amide bonds. The summed E-state index contributed by atoms with van der Waals surface area (Å²) in [6.07, 6.45) is 5.53. The molecule has 0 bridgehead atoms. The van der Waals surface area contributed by atoms with Crippen LogP contribution in [0.3, 0.4) is 0 Å². The van der Waals surface area contributed by atoms with Crippen LogP contribution in [0.2, 0.25) is 0 Å². The zero-order valence-electron chi connectivity index (χ0n) is 11.8. The van der Waals surface area contributed by atoms with E-state index in [1.807, 2.05) is 6.92 Å². The fourth-order valence-corrected chi connectivity index (χ4v) is 3.01. The van der Waals surface area contributed by atoms with Gasteiger partial charge in [-0.15, -0.1) is 0 Å². The SMILES string of the molecule is CCCOC(=O)NCC1(C)CCCC(C)(C)C1. The van der Waals surface area contributed by atoms with E-state index in [1.165, 1.54) is 25.7 Å². The number of amides is 1. The van der Waals surface area contributed by atoms with E-state index in [0.717, 1.165) is 13.0 Å². The molecule has 0 aromatic carbocycles. The minimum Gasteiger partial charge on any atom is -0.450 e. The Kier molecular flexibility index (Phi) is 4.84. The monoisotopic (exact) mass is 241 g/mol. The van der Waals surface area contributed by atoms with Crippen LogP contribution in [0, 0.1) is 10.8 Å². The quantitative estimate of drug-likeness (QED) is 0.814. The fourth-order valence-electron chi connectivity index (χ4n) is 3.01. The fraction of sp³-hybridized carbons (Fsp3) is 0.929. The molecule has 3 nitrogen and oxygen atoms in total. The Morgan fingerprint density at radius 2 is 2.00 bits per heavy atom. The van der Waals surface area contributed by atoms with Gasteiger partial charge in [-0.2, -0.15) is 0 Å². The van der Waals surface area contributed by atoms with E-state index in [1.54, 1.807) is 0 Å². The highest BCUT2D eigenvalue weighted by atomic mass is 16.5. The van der Waals surface area contributed by atoms with E-state index in [4.69, 9.17) is 4.74 Å². The van der Waals surface area contributed by atoms with Crippen molar-refractivity contribution < 1.29 is 9.53 Å². The molecule has 0 radical (unpaired) electrons. The first-order valence-corrected chi connectivity index (χ1v) is 6.78. The Morgan fingerprint density at radius 1 is 1.29 bits per heavy atom. The van der Waals surface area contributed by atoms with Crippen LogP contribution in [0.1, 0.15) is 59.8 Å². The van der Waals surface area contributed by atoms with Gasteiger partial charge < -0.3 is 10.1 Å². The maximum Gasteiger partial charge on any atom is 0.407 e. The molecule has 17 heavy (non-hydrogen) atoms. The molecule has 0 spiro atoms. The lowest BCUT2D eigenvalue weighted by Crippen LogP contribution is -2.41. The van der Waals surface area contributed by atoms with Gasteiger partial charge in [-0.1, -0.05) is 34.1 Å². The molecule has 1 aliphatic carbocycles. The van der Waals surface area contributed by atoms with Crippen molar-refractivity contribution in [1.29, 1.82) is 0 Å². The van der Waals surface area contributed by atoms with Crippen LogP contribution in [-0.2, 0) is 4.74 Å². The molecule has 3 heteroatoms. The first kappa shape index (κ1) is 14.3. The van der Waals surface area contributed by atoms with Gasteiger partial charge in [0.1, 0.15) is 0 Å². The maximum absolute atomic E-state index is 11.4. The van der Waals surface area contributed by atoms with Crippen LogP contribution >= 0.6 is 0 Å². The van der Waals surface area contributed by atoms with Crippen molar-refractivity contribution in [1.82, 2.24) is 5.32 Å². The maximum atomic E-state index is 11.4. The van der Waals surface area contributed by atoms with Gasteiger partial charge in [-0.3, -0.25) is 0 Å². The van der Waals surface area contributed by atoms with E-state index in [-0.39, 0.29) is 11.5 Å². The molecule has 100 valence electrons. The average molecular weight is 241 g/mol. The van der Waals surface area contributed by atoms with Gasteiger partial charge in [-0.05, 0) is 36.5 Å². The average Bonchev–Trinajstić information content (AvgIpc) is 2.22. The summed E-state index contributed by atoms with van der Waals surface area (Å²) in [7, 11) is 0. The summed E-state index contributed by atoms with van der Waals surface area (Å²) in [4.78, 5) is 11.4. The van der Waals surface area contributed by atoms with E-state index < -0.39 is 0 Å². The van der Waals surface area contributed by atoms with Crippen molar-refractivity contribution in [2.24, 2.45) is 10.8 Å². The van der Waals surface area contributed by atoms with Crippen LogP contribution in [0.4, 0.5) is 4.79 Å². The lowest BCUT2D eigenvalue weighted by molar-refractivity contribution is 0.0907. The van der Waals surface area contributed by atoms with Crippen molar-refractivity contribution in [2.75, 3.05) is 13.2 Å². The molecular weight excluding hydrogens is 214 g/mol. The largest absolute Gasteiger partial charge is 0.450 e. The molecule has 0 aliphatic heterocycles. The molecule has 0 saturated heterocycles. The third-order valence-corrected chi connectivity index (χ3v) is 3.64. The van der Waals surface area contributed by atoms with Gasteiger partial charge in [-0.25, -0.2) is 4.79 Å². The van der Waals surface area contributed by atoms with Crippen molar-refractivity contribution in [3.8, 4) is 0 Å². The number of alkyl carbamates (subject to hydrolysis) is 1. The zero-order chi connectivity index (χ0) is 12.9. The molecule has 1 rings (SSSR count). The molecule has 0 heterocycles. The van der Waals surface area contributed by atoms with Crippen molar-refractivity contribution in [3.63, 3.8) is 0 Å². The zero-order valence-corrected chi connectivity index (χ0v) is 11.8. The van der Waals surface area contributed by atoms with Gasteiger partial charge in [0.25, 0.3) is 0 Å². The summed E-state index contributed by atoms with van der Waals surface area (Å²) in [5.41, 5.74) is 0.634. The van der Waals surface area contributed by atoms with E-state index in [9.17, 15) is 4.79 Å². The number of nitrogens with one attached hydrogen (secondary N) is 1. The summed E-state index contributed by atoms with van der Waals surface area (Å²) < 4.78 is 5.03. The predicted octanol–water partition coefficient (Wildman–Crippen LogP) is 3.73. The summed E-state index contributed by atoms with van der Waals surface area (Å²) in [6.45, 7) is 10.2. The molecule has 1 N–H and O–H groups in total. The molecule has 1 unspecified atom stereocenters. The molecule has 1 saturated carbocycles. The Morgan fingerprint density at radius 3 is 2.59 bits per heavy atom. The normalized spacial score (nSPS) is 27.5. The Hall–Kier alpha value is -0.730. The first-order chi connectivity index (χ1) is 7.87. The van der Waals surface area contributed by atoms with E-state index >= 15 is 0 Å². The summed E-state index contributed by atoms with van der Waals surface area (Å²) >= 11 is 0. The summed E-state index contributed by atoms with van der Waals surface area (Å²) in [6, 6.07) is 0. The van der Waals surface area contributed by atoms with Gasteiger partial charge >= 0.3 is 6.09 Å². The van der Waals surface area contributed by atoms with Crippen molar-refractivity contribution >= 4 is 6.09 Å². The van der Waals surface area contributed by atoms with Gasteiger partial charge in [0.05, 0.1) is 6.61 Å². The lowest BCUT2D eigenvalue weighted by atomic mass is 9.64. The molecule has 1 fully saturated rings. The van der Waals surface area contributed by atoms with Crippen LogP contribution < -0.4 is 5.32 Å². The second kappa shape index (κ2) is 5.74. The van der Waals surface area contributed by atoms with Crippen molar-refractivity contribution in [3.05, 3.63) is 0 Å². The third kappa shape index (κ3) is 4.97. The molecule has 1 atom stereocenters. The summed E-state index contributed by atoms with van der Waals surface area (Å²) in [5.74, 6) is 0. The first-order valence-electron chi connectivity index (χ1n) is 6.78. The van der Waals surface area contributed by atoms with Crippen LogP contribution in [-0.4, -0.2) is 19.2 Å².